The van der Waals surface area contributed by atoms with Crippen LogP contribution in [0.5, 0.6) is 0 Å². The molecule has 2 rings (SSSR count). The fourth-order valence-electron chi connectivity index (χ4n) is 1.92. The molecule has 0 aliphatic rings. The van der Waals surface area contributed by atoms with Gasteiger partial charge in [0.05, 0.1) is 30.0 Å². The molecule has 0 aromatic heterocycles. The van der Waals surface area contributed by atoms with Crippen molar-refractivity contribution in [1.29, 1.82) is 0 Å². The Kier molecular flexibility index (Phi) is 10.5. The Balaban J connectivity index is 0.00000364. The molecule has 2 aromatic carbocycles. The minimum Gasteiger partial charge on any atom is -0.691 e. The zero-order valence-corrected chi connectivity index (χ0v) is 18.0. The van der Waals surface area contributed by atoms with E-state index in [0.29, 0.717) is 22.0 Å². The van der Waals surface area contributed by atoms with E-state index in [1.165, 1.54) is 0 Å². The summed E-state index contributed by atoms with van der Waals surface area (Å²) in [5.41, 5.74) is 7.87. The Hall–Kier alpha value is -1.50. The van der Waals surface area contributed by atoms with E-state index < -0.39 is 0 Å². The number of amides is 1. The summed E-state index contributed by atoms with van der Waals surface area (Å²) < 4.78 is 4.24. The number of nitrogens with one attached hydrogen (secondary N) is 1. The van der Waals surface area contributed by atoms with Crippen molar-refractivity contribution in [2.45, 2.75) is 4.90 Å². The third kappa shape index (κ3) is 7.56. The standard InChI is InChI=1S/C16H19N5O4S.Na/c1-21(2)12-5-8-14(15(9-12)18-16(22)10-17)20-19-11-3-6-13(7-4-11)26-25-24-23;/h3-9,23H,10,17H2,1-2H3,(H,18,22);/q;+1/p-1. The molecule has 0 heterocycles. The molecule has 0 radical (unpaired) electrons. The van der Waals surface area contributed by atoms with Crippen molar-refractivity contribution in [3.63, 3.8) is 0 Å². The van der Waals surface area contributed by atoms with Crippen LogP contribution in [0, 0.1) is 0 Å². The molecular weight excluding hydrogens is 381 g/mol. The molecule has 0 spiro atoms. The van der Waals surface area contributed by atoms with E-state index in [1.54, 1.807) is 36.4 Å². The number of nitrogens with two attached hydrogens (primary N) is 1. The van der Waals surface area contributed by atoms with Gasteiger partial charge < -0.3 is 21.2 Å². The van der Waals surface area contributed by atoms with E-state index in [2.05, 4.69) is 24.9 Å². The van der Waals surface area contributed by atoms with Crippen molar-refractivity contribution in [1.82, 2.24) is 0 Å². The first kappa shape index (κ1) is 23.5. The fraction of sp³-hybridized carbons (Fsp3) is 0.188. The number of carbonyl (C=O) groups is 1. The second-order valence-corrected chi connectivity index (χ2v) is 6.04. The smallest absolute Gasteiger partial charge is 0.691 e. The first-order valence-corrected chi connectivity index (χ1v) is 8.24. The van der Waals surface area contributed by atoms with Crippen LogP contribution in [0.4, 0.5) is 22.7 Å². The van der Waals surface area contributed by atoms with E-state index in [1.807, 2.05) is 25.1 Å². The Morgan fingerprint density at radius 3 is 2.52 bits per heavy atom. The summed E-state index contributed by atoms with van der Waals surface area (Å²) in [7, 11) is 3.79. The summed E-state index contributed by atoms with van der Waals surface area (Å²) >= 11 is 0.789. The van der Waals surface area contributed by atoms with E-state index in [4.69, 9.17) is 5.73 Å². The zero-order chi connectivity index (χ0) is 18.9. The maximum atomic E-state index is 11.6. The Morgan fingerprint density at radius 2 is 1.93 bits per heavy atom. The van der Waals surface area contributed by atoms with Gasteiger partial charge in [-0.25, -0.2) is 0 Å². The molecule has 1 amide bonds. The molecule has 0 saturated carbocycles. The van der Waals surface area contributed by atoms with Crippen LogP contribution in [-0.2, 0) is 14.2 Å². The first-order valence-electron chi connectivity index (χ1n) is 7.49. The number of hydrogen-bond donors (Lipinski definition) is 2. The molecule has 11 heteroatoms. The summed E-state index contributed by atoms with van der Waals surface area (Å²) in [6.45, 7) is -0.128. The quantitative estimate of drug-likeness (QED) is 0.198. The second-order valence-electron chi connectivity index (χ2n) is 5.26. The predicted octanol–water partition coefficient (Wildman–Crippen LogP) is -0.700. The summed E-state index contributed by atoms with van der Waals surface area (Å²) in [6.07, 6.45) is 0. The van der Waals surface area contributed by atoms with Crippen LogP contribution in [0.2, 0.25) is 0 Å². The summed E-state index contributed by atoms with van der Waals surface area (Å²) in [6, 6.07) is 12.2. The van der Waals surface area contributed by atoms with Crippen LogP contribution in [-0.4, -0.2) is 26.5 Å². The molecule has 27 heavy (non-hydrogen) atoms. The first-order chi connectivity index (χ1) is 12.5. The van der Waals surface area contributed by atoms with Crippen LogP contribution in [0.3, 0.4) is 0 Å². The average Bonchev–Trinajstić information content (AvgIpc) is 2.65. The second kappa shape index (κ2) is 12.1. The van der Waals surface area contributed by atoms with Crippen LogP contribution in [0.1, 0.15) is 0 Å². The van der Waals surface area contributed by atoms with Crippen molar-refractivity contribution in [3.8, 4) is 0 Å². The van der Waals surface area contributed by atoms with Gasteiger partial charge in [0.25, 0.3) is 0 Å². The molecule has 0 aliphatic heterocycles. The number of rotatable bonds is 8. The van der Waals surface area contributed by atoms with Crippen LogP contribution < -0.4 is 50.8 Å². The summed E-state index contributed by atoms with van der Waals surface area (Å²) in [5, 5.41) is 24.2. The molecular formula is C16H18N5NaO4S. The van der Waals surface area contributed by atoms with Crippen molar-refractivity contribution in [2.24, 2.45) is 16.0 Å². The van der Waals surface area contributed by atoms with Crippen molar-refractivity contribution >= 4 is 40.7 Å². The van der Waals surface area contributed by atoms with Gasteiger partial charge in [0.2, 0.25) is 5.91 Å². The van der Waals surface area contributed by atoms with Gasteiger partial charge in [0.15, 0.2) is 0 Å². The number of anilines is 2. The summed E-state index contributed by atoms with van der Waals surface area (Å²) in [5.74, 6) is -0.320. The molecule has 9 nitrogen and oxygen atoms in total. The number of nitrogens with zero attached hydrogens (tertiary/aromatic N) is 3. The predicted molar refractivity (Wildman–Crippen MR) is 97.1 cm³/mol. The normalized spacial score (nSPS) is 10.5. The van der Waals surface area contributed by atoms with Gasteiger partial charge in [-0.1, -0.05) is 0 Å². The van der Waals surface area contributed by atoms with Gasteiger partial charge in [0.1, 0.15) is 5.69 Å². The topological polar surface area (TPSA) is 125 Å². The Labute approximate surface area is 183 Å². The van der Waals surface area contributed by atoms with Gasteiger partial charge in [-0.3, -0.25) is 9.83 Å². The molecule has 0 saturated heterocycles. The maximum absolute atomic E-state index is 11.6. The van der Waals surface area contributed by atoms with Crippen molar-refractivity contribution < 1.29 is 49.0 Å². The molecule has 3 N–H and O–H groups in total. The van der Waals surface area contributed by atoms with Crippen LogP contribution in [0.15, 0.2) is 57.6 Å². The minimum absolute atomic E-state index is 0. The van der Waals surface area contributed by atoms with E-state index in [9.17, 15) is 10.1 Å². The van der Waals surface area contributed by atoms with Crippen molar-refractivity contribution in [2.75, 3.05) is 30.9 Å². The van der Waals surface area contributed by atoms with Crippen LogP contribution >= 0.6 is 12.0 Å². The van der Waals surface area contributed by atoms with Crippen LogP contribution in [0.25, 0.3) is 0 Å². The number of benzene rings is 2. The molecule has 0 bridgehead atoms. The van der Waals surface area contributed by atoms with Gasteiger partial charge >= 0.3 is 29.6 Å². The number of azo groups is 1. The molecule has 0 fully saturated rings. The van der Waals surface area contributed by atoms with Crippen molar-refractivity contribution in [3.05, 3.63) is 42.5 Å². The minimum atomic E-state index is -0.320. The monoisotopic (exact) mass is 399 g/mol. The molecule has 0 atom stereocenters. The van der Waals surface area contributed by atoms with E-state index >= 15 is 0 Å². The van der Waals surface area contributed by atoms with Gasteiger partial charge in [-0.15, -0.1) is 5.11 Å². The zero-order valence-electron chi connectivity index (χ0n) is 15.2. The molecule has 0 aliphatic carbocycles. The van der Waals surface area contributed by atoms with E-state index in [-0.39, 0.29) is 42.0 Å². The number of carbonyl (C=O) groups excluding carboxylic acids is 1. The maximum Gasteiger partial charge on any atom is 1.00 e. The molecule has 138 valence electrons. The molecule has 2 aromatic rings. The largest absolute Gasteiger partial charge is 1.00 e. The SMILES string of the molecule is CN(C)c1ccc(N=Nc2ccc(SOO[O-])cc2)c(NC(=O)CN)c1.[Na+]. The average molecular weight is 399 g/mol. The molecule has 0 unspecified atom stereocenters. The third-order valence-corrected chi connectivity index (χ3v) is 3.81. The third-order valence-electron chi connectivity index (χ3n) is 3.22. The Morgan fingerprint density at radius 1 is 1.22 bits per heavy atom. The van der Waals surface area contributed by atoms with E-state index in [0.717, 1.165) is 17.7 Å². The van der Waals surface area contributed by atoms with Gasteiger partial charge in [0, 0.05) is 24.7 Å². The fourth-order valence-corrected chi connectivity index (χ4v) is 2.28. The van der Waals surface area contributed by atoms with Gasteiger partial charge in [-0.05, 0) is 42.5 Å². The number of hydrogen-bond acceptors (Lipinski definition) is 9. The summed E-state index contributed by atoms with van der Waals surface area (Å²) in [4.78, 5) is 14.2. The Bertz CT molecular complexity index is 774. The van der Waals surface area contributed by atoms with Gasteiger partial charge in [-0.2, -0.15) is 9.45 Å².